The maximum absolute atomic E-state index is 13.4. The van der Waals surface area contributed by atoms with E-state index in [1.165, 1.54) is 24.7 Å². The van der Waals surface area contributed by atoms with E-state index in [0.717, 1.165) is 6.42 Å². The van der Waals surface area contributed by atoms with Crippen LogP contribution in [0.1, 0.15) is 50.8 Å². The van der Waals surface area contributed by atoms with Crippen LogP contribution in [0.3, 0.4) is 0 Å². The van der Waals surface area contributed by atoms with Crippen LogP contribution in [0, 0.1) is 5.92 Å². The molecule has 1 aromatic heterocycles. The number of hydrogen-bond acceptors (Lipinski definition) is 8. The quantitative estimate of drug-likeness (QED) is 0.121. The maximum atomic E-state index is 13.4. The molecule has 220 valence electrons. The van der Waals surface area contributed by atoms with Crippen LogP contribution in [-0.4, -0.2) is 74.6 Å². The summed E-state index contributed by atoms with van der Waals surface area (Å²) in [6, 6.07) is 1.72. The molecule has 1 aromatic carbocycles. The van der Waals surface area contributed by atoms with Crippen LogP contribution < -0.4 is 27.4 Å². The van der Waals surface area contributed by atoms with E-state index < -0.39 is 47.9 Å². The van der Waals surface area contributed by atoms with Gasteiger partial charge in [-0.1, -0.05) is 32.4 Å². The van der Waals surface area contributed by atoms with Gasteiger partial charge in [0.2, 0.25) is 17.7 Å². The Labute approximate surface area is 233 Å². The summed E-state index contributed by atoms with van der Waals surface area (Å²) in [7, 11) is 0. The minimum absolute atomic E-state index is 0.00404. The van der Waals surface area contributed by atoms with Crippen molar-refractivity contribution in [1.82, 2.24) is 25.9 Å². The minimum Gasteiger partial charge on any atom is -0.508 e. The molecule has 0 aliphatic rings. The monoisotopic (exact) mass is 559 g/mol. The average Bonchev–Trinajstić information content (AvgIpc) is 3.41. The van der Waals surface area contributed by atoms with Crippen LogP contribution in [0.2, 0.25) is 0 Å². The number of hydrogen-bond donors (Lipinski definition) is 8. The van der Waals surface area contributed by atoms with Crippen molar-refractivity contribution < 1.29 is 29.4 Å². The Bertz CT molecular complexity index is 1090. The van der Waals surface area contributed by atoms with Crippen LogP contribution >= 0.6 is 0 Å². The number of unbranched alkanes of at least 4 members (excludes halogenated alkanes) is 1. The number of carboxylic acid groups (broad SMARTS) is 1. The molecular weight excluding hydrogens is 518 g/mol. The Hall–Kier alpha value is -3.97. The highest BCUT2D eigenvalue weighted by molar-refractivity contribution is 5.94. The molecular formula is C27H41N7O6. The second kappa shape index (κ2) is 16.2. The summed E-state index contributed by atoms with van der Waals surface area (Å²) in [4.78, 5) is 58.1. The zero-order chi connectivity index (χ0) is 29.7. The SMILES string of the molecule is CC(C)CC(NC(=O)C(N)CCCCN)C(=O)NC(Cc1cnc[nH]1)C(=O)NC(Cc1ccc(O)cc1)C(=O)O. The third-order valence-corrected chi connectivity index (χ3v) is 6.25. The number of nitrogens with one attached hydrogen (secondary N) is 4. The molecule has 3 amide bonds. The van der Waals surface area contributed by atoms with E-state index in [4.69, 9.17) is 11.5 Å². The Morgan fingerprint density at radius 3 is 2.12 bits per heavy atom. The highest BCUT2D eigenvalue weighted by atomic mass is 16.4. The molecule has 0 fully saturated rings. The van der Waals surface area contributed by atoms with Gasteiger partial charge in [0.15, 0.2) is 0 Å². The van der Waals surface area contributed by atoms with Gasteiger partial charge in [0.25, 0.3) is 0 Å². The highest BCUT2D eigenvalue weighted by Crippen LogP contribution is 2.12. The standard InChI is InChI=1S/C27H41N7O6/c1-16(2)11-21(32-24(36)20(29)5-3-4-10-28)25(37)33-22(13-18-14-30-15-31-18)26(38)34-23(27(39)40)12-17-6-8-19(35)9-7-17/h6-9,14-16,20-23,35H,3-5,10-13,28-29H2,1-2H3,(H,30,31)(H,32,36)(H,33,37)(H,34,38)(H,39,40). The van der Waals surface area contributed by atoms with Crippen molar-refractivity contribution in [2.45, 2.75) is 76.5 Å². The second-order valence-electron chi connectivity index (χ2n) is 10.2. The lowest BCUT2D eigenvalue weighted by atomic mass is 10.0. The summed E-state index contributed by atoms with van der Waals surface area (Å²) in [5, 5.41) is 27.1. The summed E-state index contributed by atoms with van der Waals surface area (Å²) in [5.74, 6) is -3.00. The predicted octanol–water partition coefficient (Wildman–Crippen LogP) is -0.0581. The first-order chi connectivity index (χ1) is 19.0. The smallest absolute Gasteiger partial charge is 0.326 e. The van der Waals surface area contributed by atoms with Crippen LogP contribution in [0.4, 0.5) is 0 Å². The molecule has 0 radical (unpaired) electrons. The second-order valence-corrected chi connectivity index (χ2v) is 10.2. The lowest BCUT2D eigenvalue weighted by Gasteiger charge is -2.26. The van der Waals surface area contributed by atoms with Gasteiger partial charge >= 0.3 is 5.97 Å². The molecule has 0 bridgehead atoms. The number of carboxylic acids is 1. The maximum Gasteiger partial charge on any atom is 0.326 e. The zero-order valence-corrected chi connectivity index (χ0v) is 22.9. The first kappa shape index (κ1) is 32.2. The molecule has 10 N–H and O–H groups in total. The fraction of sp³-hybridized carbons (Fsp3) is 0.519. The average molecular weight is 560 g/mol. The molecule has 13 heteroatoms. The molecule has 2 rings (SSSR count). The molecule has 40 heavy (non-hydrogen) atoms. The Morgan fingerprint density at radius 1 is 0.925 bits per heavy atom. The van der Waals surface area contributed by atoms with E-state index >= 15 is 0 Å². The summed E-state index contributed by atoms with van der Waals surface area (Å²) >= 11 is 0. The van der Waals surface area contributed by atoms with E-state index in [9.17, 15) is 29.4 Å². The first-order valence-electron chi connectivity index (χ1n) is 13.3. The van der Waals surface area contributed by atoms with Crippen LogP contribution in [0.25, 0.3) is 0 Å². The number of aromatic amines is 1. The van der Waals surface area contributed by atoms with Gasteiger partial charge < -0.3 is 42.6 Å². The van der Waals surface area contributed by atoms with E-state index in [1.54, 1.807) is 12.1 Å². The van der Waals surface area contributed by atoms with Crippen molar-refractivity contribution in [3.63, 3.8) is 0 Å². The van der Waals surface area contributed by atoms with Gasteiger partial charge in [0.05, 0.1) is 12.4 Å². The lowest BCUT2D eigenvalue weighted by Crippen LogP contribution is -2.58. The number of phenolic OH excluding ortho intramolecular Hbond substituents is 1. The van der Waals surface area contributed by atoms with Crippen molar-refractivity contribution in [2.24, 2.45) is 17.4 Å². The Balaban J connectivity index is 2.18. The molecule has 1 heterocycles. The number of amides is 3. The molecule has 0 aliphatic carbocycles. The number of nitrogens with two attached hydrogens (primary N) is 2. The van der Waals surface area contributed by atoms with Gasteiger partial charge in [-0.15, -0.1) is 0 Å². The highest BCUT2D eigenvalue weighted by Gasteiger charge is 2.31. The van der Waals surface area contributed by atoms with Crippen molar-refractivity contribution in [2.75, 3.05) is 6.54 Å². The minimum atomic E-state index is -1.30. The summed E-state index contributed by atoms with van der Waals surface area (Å²) in [6.07, 6.45) is 4.99. The molecule has 4 atom stereocenters. The largest absolute Gasteiger partial charge is 0.508 e. The van der Waals surface area contributed by atoms with Crippen molar-refractivity contribution >= 4 is 23.7 Å². The van der Waals surface area contributed by atoms with Gasteiger partial charge in [-0.25, -0.2) is 9.78 Å². The molecule has 13 nitrogen and oxygen atoms in total. The summed E-state index contributed by atoms with van der Waals surface area (Å²) in [5.41, 5.74) is 12.6. The topological polar surface area (TPSA) is 226 Å². The van der Waals surface area contributed by atoms with Gasteiger partial charge in [-0.05, 0) is 49.4 Å². The molecule has 2 aromatic rings. The zero-order valence-electron chi connectivity index (χ0n) is 22.9. The molecule has 0 aliphatic heterocycles. The number of carbonyl (C=O) groups is 4. The number of benzene rings is 1. The van der Waals surface area contributed by atoms with Gasteiger partial charge in [0, 0.05) is 24.7 Å². The summed E-state index contributed by atoms with van der Waals surface area (Å²) in [6.45, 7) is 4.27. The number of aliphatic carboxylic acids is 1. The molecule has 0 saturated heterocycles. The van der Waals surface area contributed by atoms with Gasteiger partial charge in [-0.3, -0.25) is 14.4 Å². The van der Waals surface area contributed by atoms with Crippen LogP contribution in [0.5, 0.6) is 5.75 Å². The van der Waals surface area contributed by atoms with Crippen molar-refractivity contribution in [1.29, 1.82) is 0 Å². The Morgan fingerprint density at radius 2 is 1.55 bits per heavy atom. The van der Waals surface area contributed by atoms with Crippen LogP contribution in [0.15, 0.2) is 36.8 Å². The van der Waals surface area contributed by atoms with Crippen molar-refractivity contribution in [3.05, 3.63) is 48.0 Å². The van der Waals surface area contributed by atoms with E-state index in [0.29, 0.717) is 37.1 Å². The molecule has 0 spiro atoms. The number of aromatic nitrogens is 2. The van der Waals surface area contributed by atoms with Crippen molar-refractivity contribution in [3.8, 4) is 5.75 Å². The number of carbonyl (C=O) groups excluding carboxylic acids is 3. The fourth-order valence-electron chi connectivity index (χ4n) is 4.06. The number of imidazole rings is 1. The normalized spacial score (nSPS) is 14.1. The predicted molar refractivity (Wildman–Crippen MR) is 148 cm³/mol. The number of aromatic hydroxyl groups is 1. The third kappa shape index (κ3) is 11.0. The summed E-state index contributed by atoms with van der Waals surface area (Å²) < 4.78 is 0. The molecule has 0 saturated carbocycles. The van der Waals surface area contributed by atoms with E-state index in [2.05, 4.69) is 25.9 Å². The Kier molecular flexibility index (Phi) is 13.1. The number of nitrogens with zero attached hydrogens (tertiary/aromatic N) is 1. The van der Waals surface area contributed by atoms with E-state index in [-0.39, 0.29) is 24.5 Å². The van der Waals surface area contributed by atoms with E-state index in [1.807, 2.05) is 13.8 Å². The van der Waals surface area contributed by atoms with Gasteiger partial charge in [0.1, 0.15) is 23.9 Å². The number of H-pyrrole nitrogens is 1. The number of rotatable bonds is 17. The number of phenols is 1. The first-order valence-corrected chi connectivity index (χ1v) is 13.3. The molecule has 4 unspecified atom stereocenters. The third-order valence-electron chi connectivity index (χ3n) is 6.25. The van der Waals surface area contributed by atoms with Gasteiger partial charge in [-0.2, -0.15) is 0 Å². The fourth-order valence-corrected chi connectivity index (χ4v) is 4.06. The lowest BCUT2D eigenvalue weighted by molar-refractivity contribution is -0.142. The van der Waals surface area contributed by atoms with Crippen LogP contribution in [-0.2, 0) is 32.0 Å².